The van der Waals surface area contributed by atoms with E-state index in [4.69, 9.17) is 28.6 Å². The zero-order valence-electron chi connectivity index (χ0n) is 31.1. The van der Waals surface area contributed by atoms with Crippen LogP contribution in [0.25, 0.3) is 0 Å². The molecule has 286 valence electrons. The number of oxime groups is 2. The molecule has 4 aliphatic carbocycles. The average molecular weight is 711 g/mol. The first-order chi connectivity index (χ1) is 23.8. The van der Waals surface area contributed by atoms with Crippen LogP contribution in [0, 0.1) is 22.7 Å². The number of hydrogen-bond acceptors (Lipinski definition) is 14. The Morgan fingerprint density at radius 3 is 1.42 bits per heavy atom. The number of esters is 2. The highest BCUT2D eigenvalue weighted by atomic mass is 16.6. The van der Waals surface area contributed by atoms with Gasteiger partial charge in [0.15, 0.2) is 0 Å². The topological polar surface area (TPSA) is 161 Å². The van der Waals surface area contributed by atoms with E-state index in [0.29, 0.717) is 64.6 Å². The molecule has 0 heterocycles. The van der Waals surface area contributed by atoms with Crippen LogP contribution >= 0.6 is 0 Å². The molecule has 4 rings (SSSR count). The van der Waals surface area contributed by atoms with Crippen molar-refractivity contribution < 1.29 is 48.4 Å². The van der Waals surface area contributed by atoms with E-state index in [2.05, 4.69) is 24.2 Å². The molecule has 0 saturated heterocycles. The third-order valence-corrected chi connectivity index (χ3v) is 12.0. The van der Waals surface area contributed by atoms with Gasteiger partial charge in [-0.1, -0.05) is 24.2 Å². The average Bonchev–Trinajstić information content (AvgIpc) is 3.51. The predicted octanol–water partition coefficient (Wildman–Crippen LogP) is 2.63. The lowest BCUT2D eigenvalue weighted by molar-refractivity contribution is -0.215. The van der Waals surface area contributed by atoms with Crippen LogP contribution in [0.2, 0.25) is 0 Å². The van der Waals surface area contributed by atoms with E-state index >= 15 is 0 Å². The molecule has 0 amide bonds. The minimum atomic E-state index is -1.02. The van der Waals surface area contributed by atoms with Gasteiger partial charge in [-0.3, -0.25) is 0 Å². The second-order valence-electron chi connectivity index (χ2n) is 15.6. The molecule has 0 bridgehead atoms. The van der Waals surface area contributed by atoms with E-state index in [9.17, 15) is 19.8 Å². The lowest BCUT2D eigenvalue weighted by atomic mass is 9.62. The summed E-state index contributed by atoms with van der Waals surface area (Å²) in [5.74, 6) is -2.11. The standard InChI is InChI=1S/C36H62N4O10/c1-33-11-9-29(45-21-17-41)23-35(33,13-7-27(33)25-37-47-19-15-39(3)4)49-31(43)32(44)50-36-14-8-28(26-38-48-20-16-40(5)6)34(36,2)12-10-30(24-36)46-22-18-42/h25-30,41-42H,7-24H2,1-6H3/t27-,28-,29+,30+,33-,34-,35+,36+/m1/s1. The number of carbonyl (C=O) groups is 2. The Bertz CT molecular complexity index is 1080. The van der Waals surface area contributed by atoms with Gasteiger partial charge < -0.3 is 48.6 Å². The van der Waals surface area contributed by atoms with Gasteiger partial charge >= 0.3 is 11.9 Å². The SMILES string of the molecule is CN(C)CCON=C[C@H]1CC[C@]2(OC(=O)C(=O)O[C@]34CC[C@H](C=NOCCN(C)C)[C@@]3(C)CC[C@H](OCCO)C4)C[C@@H](OCCO)CC[C@]12C. The lowest BCUT2D eigenvalue weighted by Crippen LogP contribution is -2.57. The van der Waals surface area contributed by atoms with Crippen molar-refractivity contribution in [3.63, 3.8) is 0 Å². The van der Waals surface area contributed by atoms with Gasteiger partial charge in [0.05, 0.1) is 38.6 Å². The van der Waals surface area contributed by atoms with Crippen molar-refractivity contribution in [1.29, 1.82) is 0 Å². The van der Waals surface area contributed by atoms with Crippen molar-refractivity contribution in [2.24, 2.45) is 33.0 Å². The van der Waals surface area contributed by atoms with E-state index < -0.39 is 34.0 Å². The van der Waals surface area contributed by atoms with Gasteiger partial charge in [0.2, 0.25) is 0 Å². The van der Waals surface area contributed by atoms with Crippen molar-refractivity contribution in [3.8, 4) is 0 Å². The Morgan fingerprint density at radius 2 is 1.06 bits per heavy atom. The molecule has 0 spiro atoms. The molecule has 0 aromatic carbocycles. The monoisotopic (exact) mass is 710 g/mol. The quantitative estimate of drug-likeness (QED) is 0.0705. The van der Waals surface area contributed by atoms with Crippen LogP contribution in [0.3, 0.4) is 0 Å². The fraction of sp³-hybridized carbons (Fsp3) is 0.889. The number of aliphatic hydroxyl groups excluding tert-OH is 2. The van der Waals surface area contributed by atoms with Crippen LogP contribution in [0.1, 0.15) is 78.1 Å². The minimum absolute atomic E-state index is 0.0380. The molecule has 14 heteroatoms. The Kier molecular flexibility index (Phi) is 14.5. The fourth-order valence-electron chi connectivity index (χ4n) is 8.86. The number of ether oxygens (including phenoxy) is 4. The Morgan fingerprint density at radius 1 is 0.660 bits per heavy atom. The van der Waals surface area contributed by atoms with Crippen molar-refractivity contribution in [2.45, 2.75) is 101 Å². The van der Waals surface area contributed by atoms with Gasteiger partial charge in [-0.2, -0.15) is 0 Å². The summed E-state index contributed by atoms with van der Waals surface area (Å²) >= 11 is 0. The maximum atomic E-state index is 13.9. The smallest absolute Gasteiger partial charge is 0.418 e. The number of carbonyl (C=O) groups excluding carboxylic acids is 2. The van der Waals surface area contributed by atoms with Crippen molar-refractivity contribution in [3.05, 3.63) is 0 Å². The molecule has 2 N–H and O–H groups in total. The van der Waals surface area contributed by atoms with Crippen LogP contribution in [0.15, 0.2) is 10.3 Å². The predicted molar refractivity (Wildman–Crippen MR) is 187 cm³/mol. The maximum absolute atomic E-state index is 13.9. The minimum Gasteiger partial charge on any atom is -0.450 e. The highest BCUT2D eigenvalue weighted by Crippen LogP contribution is 2.61. The largest absolute Gasteiger partial charge is 0.450 e. The highest BCUT2D eigenvalue weighted by Gasteiger charge is 2.65. The maximum Gasteiger partial charge on any atom is 0.418 e. The van der Waals surface area contributed by atoms with Crippen LogP contribution in [-0.2, 0) is 38.2 Å². The van der Waals surface area contributed by atoms with E-state index in [0.717, 1.165) is 25.9 Å². The first-order valence-electron chi connectivity index (χ1n) is 18.4. The second kappa shape index (κ2) is 17.9. The summed E-state index contributed by atoms with van der Waals surface area (Å²) in [4.78, 5) is 42.9. The first-order valence-corrected chi connectivity index (χ1v) is 18.4. The molecular weight excluding hydrogens is 648 g/mol. The van der Waals surface area contributed by atoms with E-state index in [1.54, 1.807) is 0 Å². The Hall–Kier alpha value is -2.36. The van der Waals surface area contributed by atoms with Gasteiger partial charge in [-0.25, -0.2) is 9.59 Å². The molecule has 0 radical (unpaired) electrons. The zero-order valence-corrected chi connectivity index (χ0v) is 31.1. The number of aliphatic hydroxyl groups is 2. The fourth-order valence-corrected chi connectivity index (χ4v) is 8.86. The molecule has 50 heavy (non-hydrogen) atoms. The molecule has 0 unspecified atom stereocenters. The van der Waals surface area contributed by atoms with E-state index in [1.165, 1.54) is 0 Å². The Balaban J connectivity index is 1.52. The van der Waals surface area contributed by atoms with Crippen molar-refractivity contribution in [2.75, 3.05) is 80.9 Å². The second-order valence-corrected chi connectivity index (χ2v) is 15.6. The summed E-state index contributed by atoms with van der Waals surface area (Å²) in [5, 5.41) is 27.4. The van der Waals surface area contributed by atoms with Gasteiger partial charge in [0.25, 0.3) is 0 Å². The number of fused-ring (bicyclic) bond motifs is 2. The first kappa shape index (κ1) is 40.4. The number of nitrogens with zero attached hydrogens (tertiary/aromatic N) is 4. The summed E-state index contributed by atoms with van der Waals surface area (Å²) < 4.78 is 24.6. The zero-order chi connectivity index (χ0) is 36.4. The van der Waals surface area contributed by atoms with Crippen LogP contribution < -0.4 is 0 Å². The van der Waals surface area contributed by atoms with E-state index in [-0.39, 0.29) is 50.5 Å². The molecule has 14 nitrogen and oxygen atoms in total. The van der Waals surface area contributed by atoms with E-state index in [1.807, 2.05) is 50.4 Å². The van der Waals surface area contributed by atoms with Gasteiger partial charge in [-0.15, -0.1) is 0 Å². The molecule has 0 aliphatic heterocycles. The van der Waals surface area contributed by atoms with Crippen LogP contribution in [0.4, 0.5) is 0 Å². The normalized spacial score (nSPS) is 35.5. The van der Waals surface area contributed by atoms with Crippen molar-refractivity contribution >= 4 is 24.4 Å². The summed E-state index contributed by atoms with van der Waals surface area (Å²) in [6.45, 7) is 6.73. The third kappa shape index (κ3) is 9.16. The highest BCUT2D eigenvalue weighted by molar-refractivity contribution is 6.30. The lowest BCUT2D eigenvalue weighted by Gasteiger charge is -2.51. The summed E-state index contributed by atoms with van der Waals surface area (Å²) in [5.41, 5.74) is -3.01. The van der Waals surface area contributed by atoms with Crippen LogP contribution in [-0.4, -0.2) is 149 Å². The molecular formula is C36H62N4O10. The number of likely N-dealkylation sites (N-methyl/N-ethyl adjacent to an activating group) is 2. The molecule has 4 saturated carbocycles. The summed E-state index contributed by atoms with van der Waals surface area (Å²) in [7, 11) is 7.88. The number of rotatable bonds is 18. The third-order valence-electron chi connectivity index (χ3n) is 12.0. The van der Waals surface area contributed by atoms with Crippen molar-refractivity contribution in [1.82, 2.24) is 9.80 Å². The van der Waals surface area contributed by atoms with Crippen LogP contribution in [0.5, 0.6) is 0 Å². The van der Waals surface area contributed by atoms with Gasteiger partial charge in [-0.05, 0) is 79.6 Å². The molecule has 8 atom stereocenters. The summed E-state index contributed by atoms with van der Waals surface area (Å²) in [6, 6.07) is 0. The van der Waals surface area contributed by atoms with Gasteiger partial charge in [0.1, 0.15) is 24.4 Å². The summed E-state index contributed by atoms with van der Waals surface area (Å²) in [6.07, 6.45) is 9.28. The molecule has 0 aromatic heterocycles. The molecule has 4 aliphatic rings. The Labute approximate surface area is 297 Å². The molecule has 0 aromatic rings. The molecule has 4 fully saturated rings. The number of hydrogen-bond donors (Lipinski definition) is 2. The van der Waals surface area contributed by atoms with Gasteiger partial charge in [0, 0.05) is 61.0 Å².